The predicted molar refractivity (Wildman–Crippen MR) is 136 cm³/mol. The van der Waals surface area contributed by atoms with E-state index >= 15 is 0 Å². The van der Waals surface area contributed by atoms with E-state index in [9.17, 15) is 9.59 Å². The Labute approximate surface area is 206 Å². The van der Waals surface area contributed by atoms with Gasteiger partial charge in [-0.15, -0.1) is 0 Å². The number of fused-ring (bicyclic) bond motifs is 1. The lowest BCUT2D eigenvalue weighted by atomic mass is 9.91. The third-order valence-electron chi connectivity index (χ3n) is 7.27. The predicted octanol–water partition coefficient (Wildman–Crippen LogP) is 4.72. The molecule has 0 aliphatic carbocycles. The zero-order valence-corrected chi connectivity index (χ0v) is 20.2. The molecule has 0 saturated carbocycles. The molecule has 0 radical (unpaired) electrons. The molecule has 0 bridgehead atoms. The number of likely N-dealkylation sites (tertiary alicyclic amines) is 2. The Kier molecular flexibility index (Phi) is 7.26. The van der Waals surface area contributed by atoms with Crippen molar-refractivity contribution in [3.8, 4) is 5.75 Å². The van der Waals surface area contributed by atoms with Crippen molar-refractivity contribution in [3.05, 3.63) is 71.9 Å². The molecule has 35 heavy (non-hydrogen) atoms. The standard InChI is InChI=1S/C29H33N3O3/c33-28-11-5-15-31(28)18-19-35-25-8-3-7-24(21-25)29(34)32-16-4-6-22(13-17-32)20-23-12-14-30-27-10-2-1-9-26(23)27/h1-3,7-10,12,14,21-22H,4-6,11,13,15-20H2/t22-/m0/s1. The Balaban J connectivity index is 1.17. The minimum absolute atomic E-state index is 0.0696. The van der Waals surface area contributed by atoms with Crippen molar-refractivity contribution in [1.82, 2.24) is 14.8 Å². The first kappa shape index (κ1) is 23.3. The Morgan fingerprint density at radius 3 is 2.80 bits per heavy atom. The van der Waals surface area contributed by atoms with Crippen molar-refractivity contribution in [2.45, 2.75) is 38.5 Å². The summed E-state index contributed by atoms with van der Waals surface area (Å²) in [6.45, 7) is 3.41. The van der Waals surface area contributed by atoms with Crippen LogP contribution in [0.25, 0.3) is 10.9 Å². The normalized spacial score (nSPS) is 18.6. The fourth-order valence-electron chi connectivity index (χ4n) is 5.33. The highest BCUT2D eigenvalue weighted by atomic mass is 16.5. The second-order valence-corrected chi connectivity index (χ2v) is 9.64. The molecule has 2 aliphatic heterocycles. The summed E-state index contributed by atoms with van der Waals surface area (Å²) in [6.07, 6.45) is 7.63. The number of aromatic nitrogens is 1. The monoisotopic (exact) mass is 471 g/mol. The molecule has 3 aromatic rings. The van der Waals surface area contributed by atoms with Gasteiger partial charge in [-0.1, -0.05) is 24.3 Å². The number of hydrogen-bond acceptors (Lipinski definition) is 4. The van der Waals surface area contributed by atoms with E-state index in [0.717, 1.165) is 57.3 Å². The molecule has 6 heteroatoms. The molecule has 2 saturated heterocycles. The van der Waals surface area contributed by atoms with Crippen LogP contribution < -0.4 is 4.74 Å². The van der Waals surface area contributed by atoms with E-state index in [1.54, 1.807) is 0 Å². The number of ether oxygens (including phenoxy) is 1. The first-order valence-corrected chi connectivity index (χ1v) is 12.8. The molecule has 2 aliphatic rings. The van der Waals surface area contributed by atoms with Gasteiger partial charge in [0.15, 0.2) is 0 Å². The Morgan fingerprint density at radius 1 is 1.00 bits per heavy atom. The number of para-hydroxylation sites is 1. The fourth-order valence-corrected chi connectivity index (χ4v) is 5.33. The Hall–Kier alpha value is -3.41. The molecule has 2 amide bonds. The van der Waals surface area contributed by atoms with Crippen molar-refractivity contribution in [2.24, 2.45) is 5.92 Å². The van der Waals surface area contributed by atoms with E-state index in [0.29, 0.717) is 36.8 Å². The highest BCUT2D eigenvalue weighted by Gasteiger charge is 2.23. The number of rotatable bonds is 7. The first-order valence-electron chi connectivity index (χ1n) is 12.8. The molecule has 0 unspecified atom stereocenters. The van der Waals surface area contributed by atoms with Crippen LogP contribution >= 0.6 is 0 Å². The molecular weight excluding hydrogens is 438 g/mol. The van der Waals surface area contributed by atoms with Crippen molar-refractivity contribution in [2.75, 3.05) is 32.8 Å². The summed E-state index contributed by atoms with van der Waals surface area (Å²) in [5.41, 5.74) is 3.06. The molecule has 5 rings (SSSR count). The van der Waals surface area contributed by atoms with Crippen LogP contribution in [0.15, 0.2) is 60.8 Å². The van der Waals surface area contributed by atoms with Gasteiger partial charge in [-0.25, -0.2) is 0 Å². The van der Waals surface area contributed by atoms with Gasteiger partial charge in [0, 0.05) is 43.2 Å². The summed E-state index contributed by atoms with van der Waals surface area (Å²) >= 11 is 0. The van der Waals surface area contributed by atoms with Crippen LogP contribution in [0.5, 0.6) is 5.75 Å². The maximum Gasteiger partial charge on any atom is 0.253 e. The maximum atomic E-state index is 13.3. The van der Waals surface area contributed by atoms with Crippen LogP contribution in [0, 0.1) is 5.92 Å². The van der Waals surface area contributed by atoms with Crippen LogP contribution in [0.1, 0.15) is 48.0 Å². The van der Waals surface area contributed by atoms with Crippen LogP contribution in [0.4, 0.5) is 0 Å². The van der Waals surface area contributed by atoms with Crippen molar-refractivity contribution >= 4 is 22.7 Å². The molecular formula is C29H33N3O3. The zero-order chi connectivity index (χ0) is 24.0. The van der Waals surface area contributed by atoms with Crippen molar-refractivity contribution in [3.63, 3.8) is 0 Å². The van der Waals surface area contributed by atoms with Gasteiger partial charge in [-0.3, -0.25) is 14.6 Å². The fraction of sp³-hybridized carbons (Fsp3) is 0.414. The number of pyridine rings is 1. The molecule has 0 spiro atoms. The summed E-state index contributed by atoms with van der Waals surface area (Å²) in [6, 6.07) is 17.9. The topological polar surface area (TPSA) is 62.7 Å². The number of hydrogen-bond donors (Lipinski definition) is 0. The molecule has 6 nitrogen and oxygen atoms in total. The molecule has 0 N–H and O–H groups in total. The molecule has 1 aromatic heterocycles. The van der Waals surface area contributed by atoms with Crippen LogP contribution in [0.3, 0.4) is 0 Å². The number of carbonyl (C=O) groups is 2. The summed E-state index contributed by atoms with van der Waals surface area (Å²) in [4.78, 5) is 33.4. The number of benzene rings is 2. The number of carbonyl (C=O) groups excluding carboxylic acids is 2. The van der Waals surface area contributed by atoms with E-state index in [2.05, 4.69) is 29.2 Å². The molecule has 1 atom stereocenters. The summed E-state index contributed by atoms with van der Waals surface area (Å²) < 4.78 is 5.87. The Bertz CT molecular complexity index is 1190. The van der Waals surface area contributed by atoms with Crippen molar-refractivity contribution < 1.29 is 14.3 Å². The minimum Gasteiger partial charge on any atom is -0.492 e. The summed E-state index contributed by atoms with van der Waals surface area (Å²) in [5.74, 6) is 1.51. The van der Waals surface area contributed by atoms with Crippen LogP contribution in [-0.2, 0) is 11.2 Å². The number of amides is 2. The average Bonchev–Trinajstić information content (AvgIpc) is 3.15. The van der Waals surface area contributed by atoms with Crippen LogP contribution in [-0.4, -0.2) is 59.4 Å². The first-order chi connectivity index (χ1) is 17.2. The molecule has 3 heterocycles. The zero-order valence-electron chi connectivity index (χ0n) is 20.2. The largest absolute Gasteiger partial charge is 0.492 e. The van der Waals surface area contributed by atoms with E-state index in [4.69, 9.17) is 4.74 Å². The van der Waals surface area contributed by atoms with Gasteiger partial charge in [0.05, 0.1) is 12.1 Å². The molecule has 2 aromatic carbocycles. The second kappa shape index (κ2) is 10.9. The highest BCUT2D eigenvalue weighted by Crippen LogP contribution is 2.26. The van der Waals surface area contributed by atoms with Gasteiger partial charge >= 0.3 is 0 Å². The van der Waals surface area contributed by atoms with E-state index in [-0.39, 0.29) is 11.8 Å². The van der Waals surface area contributed by atoms with Gasteiger partial charge in [0.2, 0.25) is 5.91 Å². The van der Waals surface area contributed by atoms with Crippen LogP contribution in [0.2, 0.25) is 0 Å². The molecule has 2 fully saturated rings. The van der Waals surface area contributed by atoms with Gasteiger partial charge in [-0.05, 0) is 73.9 Å². The summed E-state index contributed by atoms with van der Waals surface area (Å²) in [7, 11) is 0. The summed E-state index contributed by atoms with van der Waals surface area (Å²) in [5, 5.41) is 1.23. The quantitative estimate of drug-likeness (QED) is 0.500. The Morgan fingerprint density at radius 2 is 1.91 bits per heavy atom. The smallest absolute Gasteiger partial charge is 0.253 e. The van der Waals surface area contributed by atoms with E-state index < -0.39 is 0 Å². The second-order valence-electron chi connectivity index (χ2n) is 9.64. The van der Waals surface area contributed by atoms with Gasteiger partial charge in [-0.2, -0.15) is 0 Å². The lowest BCUT2D eigenvalue weighted by Crippen LogP contribution is -2.32. The lowest BCUT2D eigenvalue weighted by molar-refractivity contribution is -0.128. The SMILES string of the molecule is O=C1CCCN1CCOc1cccc(C(=O)N2CCC[C@H](Cc3ccnc4ccccc34)CC2)c1. The number of nitrogens with zero attached hydrogens (tertiary/aromatic N) is 3. The van der Waals surface area contributed by atoms with E-state index in [1.807, 2.05) is 46.3 Å². The van der Waals surface area contributed by atoms with Crippen molar-refractivity contribution in [1.29, 1.82) is 0 Å². The minimum atomic E-state index is 0.0696. The van der Waals surface area contributed by atoms with Gasteiger partial charge in [0.25, 0.3) is 5.91 Å². The van der Waals surface area contributed by atoms with E-state index in [1.165, 1.54) is 10.9 Å². The lowest BCUT2D eigenvalue weighted by Gasteiger charge is -2.21. The third-order valence-corrected chi connectivity index (χ3v) is 7.27. The maximum absolute atomic E-state index is 13.3. The average molecular weight is 472 g/mol. The van der Waals surface area contributed by atoms with Gasteiger partial charge < -0.3 is 14.5 Å². The highest BCUT2D eigenvalue weighted by molar-refractivity contribution is 5.94. The van der Waals surface area contributed by atoms with Gasteiger partial charge in [0.1, 0.15) is 12.4 Å². The molecule has 182 valence electrons. The third kappa shape index (κ3) is 5.64.